The molecule has 7 nitrogen and oxygen atoms in total. The molecule has 2 aromatic heterocycles. The lowest BCUT2D eigenvalue weighted by Crippen LogP contribution is -2.40. The number of carbonyl (C=O) groups is 3. The molecule has 2 aliphatic rings. The maximum absolute atomic E-state index is 13.8. The van der Waals surface area contributed by atoms with Crippen LogP contribution in [0, 0.1) is 11.6 Å². The van der Waals surface area contributed by atoms with E-state index in [0.29, 0.717) is 67.1 Å². The van der Waals surface area contributed by atoms with E-state index in [1.54, 1.807) is 42.6 Å². The molecule has 2 saturated heterocycles. The number of rotatable bonds is 10. The van der Waals surface area contributed by atoms with Gasteiger partial charge in [-0.3, -0.25) is 29.3 Å². The van der Waals surface area contributed by atoms with Gasteiger partial charge in [-0.1, -0.05) is 42.8 Å². The molecule has 0 saturated carbocycles. The average molecular weight is 653 g/mol. The second-order valence-corrected chi connectivity index (χ2v) is 12.3. The van der Waals surface area contributed by atoms with Gasteiger partial charge >= 0.3 is 0 Å². The zero-order valence-electron chi connectivity index (χ0n) is 27.3. The van der Waals surface area contributed by atoms with Crippen LogP contribution in [0.25, 0.3) is 22.5 Å². The van der Waals surface area contributed by atoms with Gasteiger partial charge in [0.25, 0.3) is 0 Å². The first-order chi connectivity index (χ1) is 23.4. The lowest BCUT2D eigenvalue weighted by Gasteiger charge is -2.24. The third-order valence-corrected chi connectivity index (χ3v) is 8.74. The van der Waals surface area contributed by atoms with Crippen LogP contribution in [0.15, 0.2) is 85.2 Å². The van der Waals surface area contributed by atoms with Crippen LogP contribution in [-0.2, 0) is 27.2 Å². The highest BCUT2D eigenvalue weighted by atomic mass is 19.1. The quantitative estimate of drug-likeness (QED) is 0.165. The number of aromatic nitrogens is 2. The Morgan fingerprint density at radius 3 is 1.60 bits per heavy atom. The Bertz CT molecular complexity index is 1660. The first-order valence-electron chi connectivity index (χ1n) is 16.9. The van der Waals surface area contributed by atoms with E-state index in [1.807, 2.05) is 35.4 Å². The number of hydrogen-bond donors (Lipinski definition) is 0. The number of amides is 3. The summed E-state index contributed by atoms with van der Waals surface area (Å²) in [6.07, 6.45) is 12.4. The molecule has 4 heterocycles. The highest BCUT2D eigenvalue weighted by molar-refractivity contribution is 5.97. The maximum atomic E-state index is 13.8. The van der Waals surface area contributed by atoms with Crippen molar-refractivity contribution in [2.24, 2.45) is 0 Å². The molecule has 3 amide bonds. The first-order valence-corrected chi connectivity index (χ1v) is 16.9. The monoisotopic (exact) mass is 652 g/mol. The molecule has 0 N–H and O–H groups in total. The molecule has 250 valence electrons. The van der Waals surface area contributed by atoms with E-state index in [4.69, 9.17) is 0 Å². The summed E-state index contributed by atoms with van der Waals surface area (Å²) < 4.78 is 27.5. The van der Waals surface area contributed by atoms with Gasteiger partial charge in [-0.15, -0.1) is 0 Å². The fourth-order valence-electron chi connectivity index (χ4n) is 6.04. The molecule has 48 heavy (non-hydrogen) atoms. The Morgan fingerprint density at radius 1 is 0.562 bits per heavy atom. The molecule has 2 aliphatic heterocycles. The summed E-state index contributed by atoms with van der Waals surface area (Å²) in [5.74, 6) is -0.392. The van der Waals surface area contributed by atoms with E-state index in [0.717, 1.165) is 62.7 Å². The summed E-state index contributed by atoms with van der Waals surface area (Å²) in [5.41, 5.74) is 4.38. The second-order valence-electron chi connectivity index (χ2n) is 12.3. The Morgan fingerprint density at radius 2 is 1.08 bits per heavy atom. The third kappa shape index (κ3) is 9.62. The standard InChI is InChI=1S/C20H23FN2O.C19H19FN2O2/c21-18-9-4-3-8-17(18)19-12-11-16(15-22-19)7-6-14-23-13-5-1-2-10-20(23)24;20-16-7-2-1-6-15(16)17-11-10-14(13-21-17)5-4-12-22-18(23)8-3-9-19(22)24/h3-4,8-9,11-12,15H,1-2,5-7,10,13-14H2;1-2,6-7,10-11,13H,3-5,8-9,12H2. The van der Waals surface area contributed by atoms with Gasteiger partial charge in [-0.25, -0.2) is 8.78 Å². The number of nitrogens with zero attached hydrogens (tertiary/aromatic N) is 4. The Labute approximate surface area is 281 Å². The number of hydrogen-bond acceptors (Lipinski definition) is 5. The normalized spacial score (nSPS) is 15.2. The van der Waals surface area contributed by atoms with Crippen molar-refractivity contribution in [2.75, 3.05) is 19.6 Å². The lowest BCUT2D eigenvalue weighted by molar-refractivity contribution is -0.148. The van der Waals surface area contributed by atoms with Gasteiger partial charge in [-0.05, 0) is 92.5 Å². The molecule has 0 radical (unpaired) electrons. The Kier molecular flexibility index (Phi) is 12.5. The van der Waals surface area contributed by atoms with E-state index in [-0.39, 0.29) is 23.4 Å². The molecule has 2 aromatic carbocycles. The van der Waals surface area contributed by atoms with Crippen LogP contribution in [0.1, 0.15) is 68.9 Å². The number of carbonyl (C=O) groups excluding carboxylic acids is 3. The van der Waals surface area contributed by atoms with Gasteiger partial charge in [0.2, 0.25) is 17.7 Å². The SMILES string of the molecule is O=C1CCCC(=O)N1CCCc1ccc(-c2ccccc2F)nc1.O=C1CCCCCN1CCCc1ccc(-c2ccccc2F)nc1. The number of imide groups is 1. The molecule has 0 unspecified atom stereocenters. The number of likely N-dealkylation sites (tertiary alicyclic amines) is 2. The molecule has 0 aliphatic carbocycles. The van der Waals surface area contributed by atoms with E-state index < -0.39 is 0 Å². The van der Waals surface area contributed by atoms with Gasteiger partial charge < -0.3 is 4.90 Å². The molecule has 2 fully saturated rings. The predicted octanol–water partition coefficient (Wildman–Crippen LogP) is 7.58. The summed E-state index contributed by atoms with van der Waals surface area (Å²) in [5, 5.41) is 0. The zero-order chi connectivity index (χ0) is 33.7. The Balaban J connectivity index is 0.000000188. The molecular weight excluding hydrogens is 610 g/mol. The van der Waals surface area contributed by atoms with Gasteiger partial charge in [0, 0.05) is 62.4 Å². The van der Waals surface area contributed by atoms with E-state index in [1.165, 1.54) is 17.0 Å². The topological polar surface area (TPSA) is 83.5 Å². The predicted molar refractivity (Wildman–Crippen MR) is 182 cm³/mol. The van der Waals surface area contributed by atoms with Gasteiger partial charge in [0.15, 0.2) is 0 Å². The summed E-state index contributed by atoms with van der Waals surface area (Å²) in [4.78, 5) is 47.5. The van der Waals surface area contributed by atoms with Crippen molar-refractivity contribution < 1.29 is 23.2 Å². The zero-order valence-corrected chi connectivity index (χ0v) is 27.3. The highest BCUT2D eigenvalue weighted by Gasteiger charge is 2.25. The number of piperidine rings is 1. The molecule has 9 heteroatoms. The third-order valence-electron chi connectivity index (χ3n) is 8.74. The highest BCUT2D eigenvalue weighted by Crippen LogP contribution is 2.22. The van der Waals surface area contributed by atoms with Crippen molar-refractivity contribution in [2.45, 2.75) is 70.6 Å². The smallest absolute Gasteiger partial charge is 0.229 e. The molecular formula is C39H42F2N4O3. The van der Waals surface area contributed by atoms with Gasteiger partial charge in [0.05, 0.1) is 11.4 Å². The molecule has 0 atom stereocenters. The van der Waals surface area contributed by atoms with Crippen LogP contribution >= 0.6 is 0 Å². The minimum absolute atomic E-state index is 0.0701. The fourth-order valence-corrected chi connectivity index (χ4v) is 6.04. The summed E-state index contributed by atoms with van der Waals surface area (Å²) >= 11 is 0. The van der Waals surface area contributed by atoms with Crippen molar-refractivity contribution in [3.8, 4) is 22.5 Å². The molecule has 0 spiro atoms. The van der Waals surface area contributed by atoms with Crippen molar-refractivity contribution in [3.63, 3.8) is 0 Å². The fraction of sp³-hybridized carbons (Fsp3) is 0.359. The van der Waals surface area contributed by atoms with Gasteiger partial charge in [-0.2, -0.15) is 0 Å². The number of pyridine rings is 2. The summed E-state index contributed by atoms with van der Waals surface area (Å²) in [6.45, 7) is 2.16. The van der Waals surface area contributed by atoms with Crippen LogP contribution in [-0.4, -0.2) is 57.1 Å². The van der Waals surface area contributed by atoms with Crippen LogP contribution < -0.4 is 0 Å². The average Bonchev–Trinajstić information content (AvgIpc) is 3.31. The molecule has 0 bridgehead atoms. The number of halogens is 2. The van der Waals surface area contributed by atoms with Crippen molar-refractivity contribution >= 4 is 17.7 Å². The van der Waals surface area contributed by atoms with Crippen molar-refractivity contribution in [1.82, 2.24) is 19.8 Å². The largest absolute Gasteiger partial charge is 0.343 e. The second kappa shape index (κ2) is 17.4. The van der Waals surface area contributed by atoms with Gasteiger partial charge in [0.1, 0.15) is 11.6 Å². The van der Waals surface area contributed by atoms with Crippen LogP contribution in [0.2, 0.25) is 0 Å². The maximum Gasteiger partial charge on any atom is 0.229 e. The minimum atomic E-state index is -0.292. The molecule has 4 aromatic rings. The number of benzene rings is 2. The van der Waals surface area contributed by atoms with Crippen molar-refractivity contribution in [3.05, 3.63) is 108 Å². The van der Waals surface area contributed by atoms with E-state index >= 15 is 0 Å². The first kappa shape index (κ1) is 34.5. The van der Waals surface area contributed by atoms with E-state index in [2.05, 4.69) is 9.97 Å². The van der Waals surface area contributed by atoms with Crippen LogP contribution in [0.4, 0.5) is 8.78 Å². The minimum Gasteiger partial charge on any atom is -0.343 e. The van der Waals surface area contributed by atoms with Crippen molar-refractivity contribution in [1.29, 1.82) is 0 Å². The number of aryl methyl sites for hydroxylation is 2. The molecule has 6 rings (SSSR count). The lowest BCUT2D eigenvalue weighted by atomic mass is 10.1. The summed E-state index contributed by atoms with van der Waals surface area (Å²) in [6, 6.07) is 20.8. The Hall–Kier alpha value is -4.79. The van der Waals surface area contributed by atoms with E-state index in [9.17, 15) is 23.2 Å². The summed E-state index contributed by atoms with van der Waals surface area (Å²) in [7, 11) is 0. The van der Waals surface area contributed by atoms with Crippen LogP contribution in [0.5, 0.6) is 0 Å². The van der Waals surface area contributed by atoms with Crippen LogP contribution in [0.3, 0.4) is 0 Å².